The molecule has 3 heteroatoms. The molecule has 1 N–H and O–H groups in total. The first-order chi connectivity index (χ1) is 11.7. The minimum atomic E-state index is 0.108. The van der Waals surface area contributed by atoms with Gasteiger partial charge in [-0.25, -0.2) is 0 Å². The van der Waals surface area contributed by atoms with Crippen LogP contribution in [0.3, 0.4) is 0 Å². The van der Waals surface area contributed by atoms with Crippen molar-refractivity contribution in [1.29, 1.82) is 0 Å². The molecule has 2 aliphatic carbocycles. The second-order valence-electron chi connectivity index (χ2n) is 8.19. The molecule has 2 aromatic rings. The van der Waals surface area contributed by atoms with Gasteiger partial charge in [0.25, 0.3) is 0 Å². The van der Waals surface area contributed by atoms with Crippen LogP contribution >= 0.6 is 11.3 Å². The minimum Gasteiger partial charge on any atom is -0.507 e. The molecule has 2 atom stereocenters. The van der Waals surface area contributed by atoms with Crippen molar-refractivity contribution in [3.8, 4) is 5.75 Å². The number of hydrogen-bond donors (Lipinski definition) is 1. The lowest BCUT2D eigenvalue weighted by Crippen LogP contribution is -2.02. The summed E-state index contributed by atoms with van der Waals surface area (Å²) in [5.74, 6) is 1.82. The predicted molar refractivity (Wildman–Crippen MR) is 104 cm³/mol. The third-order valence-electron chi connectivity index (χ3n) is 6.18. The van der Waals surface area contributed by atoms with E-state index in [1.807, 2.05) is 32.1 Å². The van der Waals surface area contributed by atoms with Gasteiger partial charge >= 0.3 is 0 Å². The third kappa shape index (κ3) is 2.40. The maximum absolute atomic E-state index is 12.8. The Labute approximate surface area is 153 Å². The standard InChI is InChI=1S/C22H24O2S/c1-11-8-14(9-12(2)20(11)24)6-7-17(23)21-15-10-16-19(22(16,4)5)18(15)13(3)25-21/h6-9,16,19,24H,10H2,1-5H3/b7-6+/t16-,19-/m1/s1. The summed E-state index contributed by atoms with van der Waals surface area (Å²) in [6.45, 7) is 10.6. The van der Waals surface area contributed by atoms with Gasteiger partial charge in [-0.15, -0.1) is 11.3 Å². The van der Waals surface area contributed by atoms with E-state index in [2.05, 4.69) is 20.8 Å². The molecule has 0 aliphatic heterocycles. The number of fused-ring (bicyclic) bond motifs is 3. The Bertz CT molecular complexity index is 907. The van der Waals surface area contributed by atoms with Crippen molar-refractivity contribution in [2.24, 2.45) is 11.3 Å². The molecule has 0 radical (unpaired) electrons. The second-order valence-corrected chi connectivity index (χ2v) is 9.41. The molecule has 0 spiro atoms. The van der Waals surface area contributed by atoms with Gasteiger partial charge in [0.1, 0.15) is 5.75 Å². The summed E-state index contributed by atoms with van der Waals surface area (Å²) in [5.41, 5.74) is 5.81. The van der Waals surface area contributed by atoms with Gasteiger partial charge in [-0.2, -0.15) is 0 Å². The zero-order valence-electron chi connectivity index (χ0n) is 15.4. The molecule has 0 unspecified atom stereocenters. The molecule has 25 heavy (non-hydrogen) atoms. The topological polar surface area (TPSA) is 37.3 Å². The fourth-order valence-electron chi connectivity index (χ4n) is 4.66. The van der Waals surface area contributed by atoms with Crippen LogP contribution in [0.25, 0.3) is 6.08 Å². The molecule has 1 heterocycles. The summed E-state index contributed by atoms with van der Waals surface area (Å²) in [5, 5.41) is 9.88. The number of rotatable bonds is 3. The summed E-state index contributed by atoms with van der Waals surface area (Å²) >= 11 is 1.66. The highest BCUT2D eigenvalue weighted by atomic mass is 32.1. The van der Waals surface area contributed by atoms with Crippen LogP contribution in [-0.2, 0) is 6.42 Å². The van der Waals surface area contributed by atoms with Crippen LogP contribution in [0, 0.1) is 32.1 Å². The van der Waals surface area contributed by atoms with Crippen molar-refractivity contribution < 1.29 is 9.90 Å². The van der Waals surface area contributed by atoms with Gasteiger partial charge in [0.15, 0.2) is 5.78 Å². The van der Waals surface area contributed by atoms with Gasteiger partial charge < -0.3 is 5.11 Å². The number of thiophene rings is 1. The van der Waals surface area contributed by atoms with E-state index < -0.39 is 0 Å². The van der Waals surface area contributed by atoms with Gasteiger partial charge in [0.2, 0.25) is 0 Å². The molecule has 130 valence electrons. The van der Waals surface area contributed by atoms with E-state index in [0.717, 1.165) is 33.9 Å². The highest BCUT2D eigenvalue weighted by Gasteiger charge is 2.63. The summed E-state index contributed by atoms with van der Waals surface area (Å²) in [4.78, 5) is 15.0. The Hall–Kier alpha value is -1.87. The van der Waals surface area contributed by atoms with Crippen LogP contribution in [0.5, 0.6) is 5.75 Å². The maximum Gasteiger partial charge on any atom is 0.196 e. The van der Waals surface area contributed by atoms with Gasteiger partial charge in [-0.1, -0.05) is 19.9 Å². The largest absolute Gasteiger partial charge is 0.507 e. The molecule has 0 saturated heterocycles. The molecule has 0 amide bonds. The zero-order valence-corrected chi connectivity index (χ0v) is 16.3. The number of allylic oxidation sites excluding steroid dienone is 1. The molecule has 1 fully saturated rings. The van der Waals surface area contributed by atoms with Crippen LogP contribution in [0.2, 0.25) is 0 Å². The van der Waals surface area contributed by atoms with Crippen molar-refractivity contribution in [3.05, 3.63) is 55.8 Å². The SMILES string of the molecule is Cc1cc(/C=C/C(=O)c2sc(C)c3c2C[C@@H]2[C@H]3C2(C)C)cc(C)c1O. The van der Waals surface area contributed by atoms with Gasteiger partial charge in [-0.3, -0.25) is 4.79 Å². The number of phenolic OH excluding ortho intramolecular Hbond substituents is 1. The number of carbonyl (C=O) groups is 1. The fraction of sp³-hybridized carbons (Fsp3) is 0.409. The van der Waals surface area contributed by atoms with Gasteiger partial charge in [0, 0.05) is 4.88 Å². The van der Waals surface area contributed by atoms with Crippen molar-refractivity contribution in [3.63, 3.8) is 0 Å². The number of phenols is 1. The monoisotopic (exact) mass is 352 g/mol. The molecule has 0 bridgehead atoms. The van der Waals surface area contributed by atoms with Crippen LogP contribution in [-0.4, -0.2) is 10.9 Å². The molecule has 1 aromatic carbocycles. The normalized spacial score (nSPS) is 22.9. The van der Waals surface area contributed by atoms with Crippen molar-refractivity contribution >= 4 is 23.2 Å². The highest BCUT2D eigenvalue weighted by Crippen LogP contribution is 2.71. The van der Waals surface area contributed by atoms with Crippen molar-refractivity contribution in [2.45, 2.75) is 47.0 Å². The first kappa shape index (κ1) is 16.6. The van der Waals surface area contributed by atoms with Crippen molar-refractivity contribution in [2.75, 3.05) is 0 Å². The number of hydrogen-bond acceptors (Lipinski definition) is 3. The fourth-order valence-corrected chi connectivity index (χ4v) is 5.82. The summed E-state index contributed by atoms with van der Waals surface area (Å²) < 4.78 is 0. The Morgan fingerprint density at radius 1 is 1.24 bits per heavy atom. The van der Waals surface area contributed by atoms with E-state index in [0.29, 0.717) is 17.1 Å². The molecule has 1 aromatic heterocycles. The number of benzene rings is 1. The van der Waals surface area contributed by atoms with Crippen LogP contribution in [0.15, 0.2) is 18.2 Å². The predicted octanol–water partition coefficient (Wildman–Crippen LogP) is 5.57. The summed E-state index contributed by atoms with van der Waals surface area (Å²) in [7, 11) is 0. The number of carbonyl (C=O) groups excluding carboxylic acids is 1. The van der Waals surface area contributed by atoms with E-state index in [4.69, 9.17) is 0 Å². The number of aromatic hydroxyl groups is 1. The summed E-state index contributed by atoms with van der Waals surface area (Å²) in [6.07, 6.45) is 4.61. The average molecular weight is 352 g/mol. The quantitative estimate of drug-likeness (QED) is 0.579. The van der Waals surface area contributed by atoms with E-state index in [1.54, 1.807) is 17.4 Å². The molecule has 4 rings (SSSR count). The summed E-state index contributed by atoms with van der Waals surface area (Å²) in [6, 6.07) is 3.82. The Kier molecular flexibility index (Phi) is 3.52. The molecule has 2 aliphatic rings. The third-order valence-corrected chi connectivity index (χ3v) is 7.36. The Balaban J connectivity index is 1.62. The smallest absolute Gasteiger partial charge is 0.196 e. The number of aryl methyl sites for hydroxylation is 3. The maximum atomic E-state index is 12.8. The number of ketones is 1. The van der Waals surface area contributed by atoms with Gasteiger partial charge in [-0.05, 0) is 90.5 Å². The van der Waals surface area contributed by atoms with Gasteiger partial charge in [0.05, 0.1) is 4.88 Å². The van der Waals surface area contributed by atoms with E-state index in [9.17, 15) is 9.90 Å². The first-order valence-electron chi connectivity index (χ1n) is 8.86. The lowest BCUT2D eigenvalue weighted by Gasteiger charge is -2.09. The Morgan fingerprint density at radius 2 is 1.88 bits per heavy atom. The second kappa shape index (κ2) is 5.31. The minimum absolute atomic E-state index is 0.108. The van der Waals surface area contributed by atoms with Crippen LogP contribution in [0.1, 0.15) is 62.1 Å². The first-order valence-corrected chi connectivity index (χ1v) is 9.68. The van der Waals surface area contributed by atoms with E-state index in [-0.39, 0.29) is 5.78 Å². The molecule has 2 nitrogen and oxygen atoms in total. The Morgan fingerprint density at radius 3 is 2.52 bits per heavy atom. The molecular weight excluding hydrogens is 328 g/mol. The van der Waals surface area contributed by atoms with E-state index in [1.165, 1.54) is 16.0 Å². The molecular formula is C22H24O2S. The van der Waals surface area contributed by atoms with Crippen molar-refractivity contribution in [1.82, 2.24) is 0 Å². The van der Waals surface area contributed by atoms with Crippen LogP contribution in [0.4, 0.5) is 0 Å². The lowest BCUT2D eigenvalue weighted by molar-refractivity contribution is 0.105. The zero-order chi connectivity index (χ0) is 18.1. The average Bonchev–Trinajstić information content (AvgIpc) is 2.90. The van der Waals surface area contributed by atoms with E-state index >= 15 is 0 Å². The highest BCUT2D eigenvalue weighted by molar-refractivity contribution is 7.14. The molecule has 1 saturated carbocycles. The lowest BCUT2D eigenvalue weighted by atomic mass is 9.94. The van der Waals surface area contributed by atoms with Crippen LogP contribution < -0.4 is 0 Å².